The normalized spacial score (nSPS) is 16.2. The number of benzene rings is 2. The highest BCUT2D eigenvalue weighted by Crippen LogP contribution is 2.33. The molecular formula is C17H17ClO3. The summed E-state index contributed by atoms with van der Waals surface area (Å²) in [6.07, 6.45) is 0.886. The highest BCUT2D eigenvalue weighted by molar-refractivity contribution is 6.17. The van der Waals surface area contributed by atoms with Crippen molar-refractivity contribution in [1.29, 1.82) is 0 Å². The Morgan fingerprint density at radius 1 is 1.19 bits per heavy atom. The molecule has 0 spiro atoms. The summed E-state index contributed by atoms with van der Waals surface area (Å²) in [6, 6.07) is 13.8. The van der Waals surface area contributed by atoms with E-state index in [4.69, 9.17) is 25.8 Å². The second-order valence-electron chi connectivity index (χ2n) is 4.94. The minimum absolute atomic E-state index is 0.0236. The van der Waals surface area contributed by atoms with Gasteiger partial charge in [-0.1, -0.05) is 30.3 Å². The molecule has 0 radical (unpaired) electrons. The summed E-state index contributed by atoms with van der Waals surface area (Å²) in [6.45, 7) is 0.471. The van der Waals surface area contributed by atoms with Crippen LogP contribution in [0, 0.1) is 0 Å². The molecule has 0 bridgehead atoms. The van der Waals surface area contributed by atoms with Gasteiger partial charge in [-0.15, -0.1) is 11.6 Å². The monoisotopic (exact) mass is 304 g/mol. The molecule has 0 N–H and O–H groups in total. The zero-order valence-corrected chi connectivity index (χ0v) is 12.6. The maximum absolute atomic E-state index is 5.96. The quantitative estimate of drug-likeness (QED) is 0.786. The molecule has 1 heterocycles. The third-order valence-corrected chi connectivity index (χ3v) is 3.84. The zero-order chi connectivity index (χ0) is 14.7. The third-order valence-electron chi connectivity index (χ3n) is 3.55. The maximum Gasteiger partial charge on any atom is 0.165 e. The van der Waals surface area contributed by atoms with E-state index in [9.17, 15) is 0 Å². The Morgan fingerprint density at radius 3 is 2.81 bits per heavy atom. The van der Waals surface area contributed by atoms with Gasteiger partial charge < -0.3 is 14.2 Å². The van der Waals surface area contributed by atoms with E-state index in [1.165, 1.54) is 5.56 Å². The molecule has 1 atom stereocenters. The van der Waals surface area contributed by atoms with Crippen LogP contribution in [0.2, 0.25) is 0 Å². The lowest BCUT2D eigenvalue weighted by molar-refractivity contribution is 0.145. The van der Waals surface area contributed by atoms with Gasteiger partial charge in [-0.3, -0.25) is 0 Å². The van der Waals surface area contributed by atoms with Gasteiger partial charge in [0.15, 0.2) is 11.5 Å². The molecule has 2 aromatic carbocycles. The van der Waals surface area contributed by atoms with Crippen molar-refractivity contribution in [2.24, 2.45) is 0 Å². The molecule has 1 aliphatic heterocycles. The van der Waals surface area contributed by atoms with Crippen molar-refractivity contribution < 1.29 is 14.2 Å². The smallest absolute Gasteiger partial charge is 0.165 e. The van der Waals surface area contributed by atoms with E-state index < -0.39 is 0 Å². The average molecular weight is 305 g/mol. The number of hydrogen-bond acceptors (Lipinski definition) is 3. The van der Waals surface area contributed by atoms with Crippen LogP contribution in [0.1, 0.15) is 11.1 Å². The van der Waals surface area contributed by atoms with Crippen molar-refractivity contribution in [3.63, 3.8) is 0 Å². The summed E-state index contributed by atoms with van der Waals surface area (Å²) in [4.78, 5) is 0. The fourth-order valence-corrected chi connectivity index (χ4v) is 2.72. The van der Waals surface area contributed by atoms with Crippen LogP contribution in [0.3, 0.4) is 0 Å². The van der Waals surface area contributed by atoms with Crippen LogP contribution in [0.5, 0.6) is 17.2 Å². The first-order chi connectivity index (χ1) is 10.3. The predicted octanol–water partition coefficient (Wildman–Crippen LogP) is 3.82. The summed E-state index contributed by atoms with van der Waals surface area (Å²) in [5, 5.41) is 0. The van der Waals surface area contributed by atoms with Crippen molar-refractivity contribution in [3.8, 4) is 17.2 Å². The molecule has 3 nitrogen and oxygen atoms in total. The Hall–Kier alpha value is -1.87. The summed E-state index contributed by atoms with van der Waals surface area (Å²) in [5.41, 5.74) is 2.15. The molecule has 0 aliphatic carbocycles. The fourth-order valence-electron chi connectivity index (χ4n) is 2.51. The van der Waals surface area contributed by atoms with Crippen molar-refractivity contribution in [1.82, 2.24) is 0 Å². The number of rotatable bonds is 5. The van der Waals surface area contributed by atoms with Crippen LogP contribution in [-0.2, 0) is 12.3 Å². The number of para-hydroxylation sites is 2. The topological polar surface area (TPSA) is 27.7 Å². The summed E-state index contributed by atoms with van der Waals surface area (Å²) in [7, 11) is 1.63. The number of hydrogen-bond donors (Lipinski definition) is 0. The van der Waals surface area contributed by atoms with Crippen LogP contribution in [-0.4, -0.2) is 19.8 Å². The zero-order valence-electron chi connectivity index (χ0n) is 11.8. The largest absolute Gasteiger partial charge is 0.493 e. The molecule has 2 aromatic rings. The van der Waals surface area contributed by atoms with Crippen molar-refractivity contribution in [2.45, 2.75) is 18.4 Å². The summed E-state index contributed by atoms with van der Waals surface area (Å²) >= 11 is 5.96. The minimum Gasteiger partial charge on any atom is -0.493 e. The van der Waals surface area contributed by atoms with Gasteiger partial charge in [0, 0.05) is 12.0 Å². The van der Waals surface area contributed by atoms with E-state index >= 15 is 0 Å². The molecule has 1 unspecified atom stereocenters. The third kappa shape index (κ3) is 2.93. The van der Waals surface area contributed by atoms with Crippen molar-refractivity contribution in [2.75, 3.05) is 13.7 Å². The number of halogens is 1. The molecule has 0 saturated carbocycles. The lowest BCUT2D eigenvalue weighted by Crippen LogP contribution is -2.22. The van der Waals surface area contributed by atoms with Gasteiger partial charge in [-0.2, -0.15) is 0 Å². The van der Waals surface area contributed by atoms with E-state index in [0.717, 1.165) is 17.7 Å². The fraction of sp³-hybridized carbons (Fsp3) is 0.294. The van der Waals surface area contributed by atoms with Crippen LogP contribution < -0.4 is 14.2 Å². The minimum atomic E-state index is 0.0236. The highest BCUT2D eigenvalue weighted by atomic mass is 35.5. The number of alkyl halides is 1. The van der Waals surface area contributed by atoms with Gasteiger partial charge in [-0.05, 0) is 17.7 Å². The SMILES string of the molecule is COc1cccc(CCl)c1OCC1Cc2ccccc2O1. The first-order valence-corrected chi connectivity index (χ1v) is 7.44. The first kappa shape index (κ1) is 14.1. The average Bonchev–Trinajstić information content (AvgIpc) is 2.95. The van der Waals surface area contributed by atoms with Gasteiger partial charge in [0.25, 0.3) is 0 Å². The molecule has 0 amide bonds. The molecule has 3 rings (SSSR count). The number of methoxy groups -OCH3 is 1. The van der Waals surface area contributed by atoms with E-state index in [0.29, 0.717) is 24.0 Å². The van der Waals surface area contributed by atoms with Gasteiger partial charge in [0.2, 0.25) is 0 Å². The molecule has 0 fully saturated rings. The molecule has 4 heteroatoms. The second kappa shape index (κ2) is 6.27. The predicted molar refractivity (Wildman–Crippen MR) is 82.6 cm³/mol. The molecule has 0 saturated heterocycles. The van der Waals surface area contributed by atoms with E-state index in [-0.39, 0.29) is 6.10 Å². The van der Waals surface area contributed by atoms with E-state index in [1.807, 2.05) is 36.4 Å². The summed E-state index contributed by atoms with van der Waals surface area (Å²) in [5.74, 6) is 2.74. The summed E-state index contributed by atoms with van der Waals surface area (Å²) < 4.78 is 17.1. The lowest BCUT2D eigenvalue weighted by atomic mass is 10.1. The molecular weight excluding hydrogens is 288 g/mol. The standard InChI is InChI=1S/C17H17ClO3/c1-19-16-8-4-6-13(10-18)17(16)20-11-14-9-12-5-2-3-7-15(12)21-14/h2-8,14H,9-11H2,1H3. The van der Waals surface area contributed by atoms with Gasteiger partial charge in [0.05, 0.1) is 13.0 Å². The Bertz CT molecular complexity index is 580. The maximum atomic E-state index is 5.96. The van der Waals surface area contributed by atoms with Gasteiger partial charge in [-0.25, -0.2) is 0 Å². The van der Waals surface area contributed by atoms with Crippen LogP contribution in [0.25, 0.3) is 0 Å². The molecule has 110 valence electrons. The Labute approximate surface area is 129 Å². The highest BCUT2D eigenvalue weighted by Gasteiger charge is 2.23. The lowest BCUT2D eigenvalue weighted by Gasteiger charge is -2.16. The Morgan fingerprint density at radius 2 is 2.05 bits per heavy atom. The number of ether oxygens (including phenoxy) is 3. The van der Waals surface area contributed by atoms with Crippen molar-refractivity contribution >= 4 is 11.6 Å². The molecule has 21 heavy (non-hydrogen) atoms. The van der Waals surface area contributed by atoms with Crippen molar-refractivity contribution in [3.05, 3.63) is 53.6 Å². The Kier molecular flexibility index (Phi) is 4.20. The van der Waals surface area contributed by atoms with E-state index in [2.05, 4.69) is 6.07 Å². The molecule has 1 aliphatic rings. The first-order valence-electron chi connectivity index (χ1n) is 6.91. The molecule has 0 aromatic heterocycles. The van der Waals surface area contributed by atoms with Crippen LogP contribution in [0.4, 0.5) is 0 Å². The Balaban J connectivity index is 1.69. The van der Waals surface area contributed by atoms with Crippen LogP contribution >= 0.6 is 11.6 Å². The second-order valence-corrected chi connectivity index (χ2v) is 5.21. The van der Waals surface area contributed by atoms with Crippen LogP contribution in [0.15, 0.2) is 42.5 Å². The van der Waals surface area contributed by atoms with Gasteiger partial charge in [0.1, 0.15) is 18.5 Å². The number of fused-ring (bicyclic) bond motifs is 1. The van der Waals surface area contributed by atoms with Gasteiger partial charge >= 0.3 is 0 Å². The van der Waals surface area contributed by atoms with E-state index in [1.54, 1.807) is 7.11 Å².